The van der Waals surface area contributed by atoms with Crippen LogP contribution >= 0.6 is 0 Å². The van der Waals surface area contributed by atoms with Gasteiger partial charge in [0.05, 0.1) is 24.7 Å². The van der Waals surface area contributed by atoms with Crippen LogP contribution in [0.2, 0.25) is 0 Å². The van der Waals surface area contributed by atoms with E-state index in [9.17, 15) is 15.0 Å². The Hall–Kier alpha value is -3.55. The number of hydrogen-bond donors (Lipinski definition) is 3. The Kier molecular flexibility index (Phi) is 7.82. The molecule has 1 saturated carbocycles. The maximum atomic E-state index is 11.1. The number of carbonyl (C=O) groups is 1. The summed E-state index contributed by atoms with van der Waals surface area (Å²) >= 11 is 0. The van der Waals surface area contributed by atoms with Gasteiger partial charge in [0.25, 0.3) is 0 Å². The van der Waals surface area contributed by atoms with Gasteiger partial charge in [-0.05, 0) is 91.6 Å². The van der Waals surface area contributed by atoms with Crippen LogP contribution in [0.25, 0.3) is 11.1 Å². The molecule has 7 nitrogen and oxygen atoms in total. The SMILES string of the molecule is Cc1cc(OCC2(O)CCC(O)CC2)cc(C)c1-c1cccc(COc2ccc3c(c2)OCC3CC(=O)O)c1. The van der Waals surface area contributed by atoms with Gasteiger partial charge >= 0.3 is 5.97 Å². The van der Waals surface area contributed by atoms with Crippen molar-refractivity contribution in [3.05, 3.63) is 76.9 Å². The number of benzene rings is 3. The van der Waals surface area contributed by atoms with E-state index in [0.717, 1.165) is 39.1 Å². The van der Waals surface area contributed by atoms with Gasteiger partial charge in [-0.3, -0.25) is 4.79 Å². The maximum absolute atomic E-state index is 11.1. The van der Waals surface area contributed by atoms with E-state index in [-0.39, 0.29) is 25.0 Å². The number of rotatable bonds is 9. The molecule has 0 aromatic heterocycles. The molecule has 39 heavy (non-hydrogen) atoms. The fourth-order valence-corrected chi connectivity index (χ4v) is 5.67. The first-order valence-corrected chi connectivity index (χ1v) is 13.5. The highest BCUT2D eigenvalue weighted by atomic mass is 16.5. The lowest BCUT2D eigenvalue weighted by Crippen LogP contribution is -2.41. The van der Waals surface area contributed by atoms with E-state index in [1.807, 2.05) is 42.5 Å². The van der Waals surface area contributed by atoms with Crippen molar-refractivity contribution in [1.29, 1.82) is 0 Å². The third-order valence-corrected chi connectivity index (χ3v) is 7.81. The molecule has 1 atom stereocenters. The van der Waals surface area contributed by atoms with Crippen molar-refractivity contribution in [2.75, 3.05) is 13.2 Å². The third kappa shape index (κ3) is 6.37. The number of aryl methyl sites for hydroxylation is 2. The summed E-state index contributed by atoms with van der Waals surface area (Å²) in [7, 11) is 0. The Balaban J connectivity index is 1.24. The van der Waals surface area contributed by atoms with Gasteiger partial charge in [0.15, 0.2) is 0 Å². The van der Waals surface area contributed by atoms with Gasteiger partial charge in [-0.25, -0.2) is 0 Å². The number of aliphatic hydroxyl groups excluding tert-OH is 1. The largest absolute Gasteiger partial charge is 0.492 e. The zero-order valence-electron chi connectivity index (χ0n) is 22.5. The number of carboxylic acid groups (broad SMARTS) is 1. The predicted octanol–water partition coefficient (Wildman–Crippen LogP) is 5.54. The number of hydrogen-bond acceptors (Lipinski definition) is 6. The van der Waals surface area contributed by atoms with E-state index in [1.165, 1.54) is 0 Å². The molecule has 1 heterocycles. The maximum Gasteiger partial charge on any atom is 0.304 e. The molecule has 0 saturated heterocycles. The standard InChI is InChI=1S/C32H36O7/c1-20-12-27(39-19-32(36)10-8-25(33)9-11-32)13-21(2)31(20)23-5-3-4-22(14-23)17-37-26-6-7-28-24(15-30(34)35)18-38-29(28)16-26/h3-7,12-14,16,24-25,33,36H,8-11,15,17-19H2,1-2H3,(H,34,35). The quantitative estimate of drug-likeness (QED) is 0.332. The fraction of sp³-hybridized carbons (Fsp3) is 0.406. The van der Waals surface area contributed by atoms with Crippen molar-refractivity contribution < 1.29 is 34.3 Å². The van der Waals surface area contributed by atoms with E-state index in [4.69, 9.17) is 19.3 Å². The molecule has 2 aliphatic rings. The molecule has 1 unspecified atom stereocenters. The van der Waals surface area contributed by atoms with E-state index >= 15 is 0 Å². The molecule has 3 N–H and O–H groups in total. The summed E-state index contributed by atoms with van der Waals surface area (Å²) in [6.45, 7) is 5.11. The number of aliphatic carboxylic acids is 1. The van der Waals surface area contributed by atoms with Crippen molar-refractivity contribution in [3.8, 4) is 28.4 Å². The molecular formula is C32H36O7. The van der Waals surface area contributed by atoms with Crippen molar-refractivity contribution in [2.45, 2.75) is 70.2 Å². The van der Waals surface area contributed by atoms with Gasteiger partial charge < -0.3 is 29.5 Å². The van der Waals surface area contributed by atoms with Crippen molar-refractivity contribution in [2.24, 2.45) is 0 Å². The Morgan fingerprint density at radius 2 is 1.74 bits per heavy atom. The second-order valence-electron chi connectivity index (χ2n) is 11.0. The molecule has 0 spiro atoms. The number of aliphatic hydroxyl groups is 2. The summed E-state index contributed by atoms with van der Waals surface area (Å²) < 4.78 is 17.8. The first kappa shape index (κ1) is 27.0. The van der Waals surface area contributed by atoms with E-state index in [2.05, 4.69) is 26.0 Å². The molecule has 5 rings (SSSR count). The molecule has 1 fully saturated rings. The average molecular weight is 533 g/mol. The Bertz CT molecular complexity index is 1320. The molecule has 0 radical (unpaired) electrons. The summed E-state index contributed by atoms with van der Waals surface area (Å²) in [4.78, 5) is 11.1. The minimum absolute atomic E-state index is 0.0547. The van der Waals surface area contributed by atoms with Crippen LogP contribution in [0.3, 0.4) is 0 Å². The topological polar surface area (TPSA) is 105 Å². The molecule has 3 aromatic carbocycles. The van der Waals surface area contributed by atoms with Crippen molar-refractivity contribution >= 4 is 5.97 Å². The first-order valence-electron chi connectivity index (χ1n) is 13.5. The van der Waals surface area contributed by atoms with E-state index in [1.54, 1.807) is 0 Å². The lowest BCUT2D eigenvalue weighted by Gasteiger charge is -2.34. The minimum atomic E-state index is -0.890. The monoisotopic (exact) mass is 532 g/mol. The zero-order chi connectivity index (χ0) is 27.6. The van der Waals surface area contributed by atoms with Gasteiger partial charge in [0, 0.05) is 17.5 Å². The second-order valence-corrected chi connectivity index (χ2v) is 11.0. The molecule has 1 aliphatic heterocycles. The third-order valence-electron chi connectivity index (χ3n) is 7.81. The van der Waals surface area contributed by atoms with Gasteiger partial charge in [-0.1, -0.05) is 24.3 Å². The van der Waals surface area contributed by atoms with Crippen LogP contribution in [0.5, 0.6) is 17.2 Å². The number of fused-ring (bicyclic) bond motifs is 1. The number of ether oxygens (including phenoxy) is 3. The highest BCUT2D eigenvalue weighted by Crippen LogP contribution is 2.39. The van der Waals surface area contributed by atoms with Crippen LogP contribution in [0.15, 0.2) is 54.6 Å². The van der Waals surface area contributed by atoms with Crippen LogP contribution in [-0.4, -0.2) is 46.2 Å². The lowest BCUT2D eigenvalue weighted by atomic mass is 9.84. The van der Waals surface area contributed by atoms with Gasteiger partial charge in [-0.2, -0.15) is 0 Å². The van der Waals surface area contributed by atoms with Gasteiger partial charge in [0.2, 0.25) is 0 Å². The Labute approximate surface area is 229 Å². The Morgan fingerprint density at radius 1 is 1.00 bits per heavy atom. The molecular weight excluding hydrogens is 496 g/mol. The molecule has 7 heteroatoms. The van der Waals surface area contributed by atoms with Gasteiger partial charge in [0.1, 0.15) is 30.5 Å². The van der Waals surface area contributed by atoms with Crippen molar-refractivity contribution in [3.63, 3.8) is 0 Å². The van der Waals surface area contributed by atoms with Crippen molar-refractivity contribution in [1.82, 2.24) is 0 Å². The summed E-state index contributed by atoms with van der Waals surface area (Å²) in [5.74, 6) is 1.14. The molecule has 1 aliphatic carbocycles. The average Bonchev–Trinajstić information content (AvgIpc) is 3.29. The predicted molar refractivity (Wildman–Crippen MR) is 148 cm³/mol. The molecule has 0 bridgehead atoms. The first-order chi connectivity index (χ1) is 18.7. The fourth-order valence-electron chi connectivity index (χ4n) is 5.67. The zero-order valence-corrected chi connectivity index (χ0v) is 22.5. The van der Waals surface area contributed by atoms with E-state index < -0.39 is 11.6 Å². The van der Waals surface area contributed by atoms with Crippen LogP contribution in [0, 0.1) is 13.8 Å². The summed E-state index contributed by atoms with van der Waals surface area (Å²) in [6, 6.07) is 17.9. The molecule has 0 amide bonds. The second kappa shape index (κ2) is 11.3. The highest BCUT2D eigenvalue weighted by molar-refractivity contribution is 5.72. The minimum Gasteiger partial charge on any atom is -0.492 e. The summed E-state index contributed by atoms with van der Waals surface area (Å²) in [6.07, 6.45) is 2.02. The lowest BCUT2D eigenvalue weighted by molar-refractivity contribution is -0.137. The Morgan fingerprint density at radius 3 is 2.46 bits per heavy atom. The van der Waals surface area contributed by atoms with Crippen LogP contribution in [0.1, 0.15) is 60.3 Å². The highest BCUT2D eigenvalue weighted by Gasteiger charge is 2.33. The number of carboxylic acids is 1. The van der Waals surface area contributed by atoms with Crippen LogP contribution < -0.4 is 14.2 Å². The summed E-state index contributed by atoms with van der Waals surface area (Å²) in [5.41, 5.74) is 5.45. The van der Waals surface area contributed by atoms with Gasteiger partial charge in [-0.15, -0.1) is 0 Å². The molecule has 3 aromatic rings. The molecule has 206 valence electrons. The van der Waals surface area contributed by atoms with Crippen LogP contribution in [-0.2, 0) is 11.4 Å². The summed E-state index contributed by atoms with van der Waals surface area (Å²) in [5, 5.41) is 29.6. The normalized spacial score (nSPS) is 22.2. The smallest absolute Gasteiger partial charge is 0.304 e. The van der Waals surface area contributed by atoms with Crippen LogP contribution in [0.4, 0.5) is 0 Å². The van der Waals surface area contributed by atoms with E-state index in [0.29, 0.717) is 50.4 Å².